The minimum Gasteiger partial charge on any atom is -0.324 e. The van der Waals surface area contributed by atoms with Crippen LogP contribution in [0.2, 0.25) is 0 Å². The van der Waals surface area contributed by atoms with E-state index >= 15 is 0 Å². The van der Waals surface area contributed by atoms with Gasteiger partial charge in [0.05, 0.1) is 11.4 Å². The number of nitrogens with one attached hydrogen (secondary N) is 1. The number of aromatic nitrogens is 4. The van der Waals surface area contributed by atoms with Crippen molar-refractivity contribution in [3.63, 3.8) is 0 Å². The van der Waals surface area contributed by atoms with E-state index in [1.165, 1.54) is 16.3 Å². The Hall–Kier alpha value is -4.63. The highest BCUT2D eigenvalue weighted by molar-refractivity contribution is 7.98. The summed E-state index contributed by atoms with van der Waals surface area (Å²) in [6, 6.07) is 24.0. The molecule has 0 radical (unpaired) electrons. The lowest BCUT2D eigenvalue weighted by Gasteiger charge is -2.16. The molecule has 1 N–H and O–H groups in total. The lowest BCUT2D eigenvalue weighted by molar-refractivity contribution is 0.258. The van der Waals surface area contributed by atoms with Gasteiger partial charge in [0.15, 0.2) is 5.16 Å². The third kappa shape index (κ3) is 5.49. The van der Waals surface area contributed by atoms with Crippen molar-refractivity contribution in [2.24, 2.45) is 4.99 Å². The molecule has 3 aromatic carbocycles. The van der Waals surface area contributed by atoms with Gasteiger partial charge in [-0.1, -0.05) is 36.0 Å². The normalized spacial score (nSPS) is 11.5. The predicted molar refractivity (Wildman–Crippen MR) is 156 cm³/mol. The molecular weight excluding hydrogens is 508 g/mol. The first kappa shape index (κ1) is 26.0. The molecule has 0 aliphatic rings. The smallest absolute Gasteiger partial charge is 0.324 e. The van der Waals surface area contributed by atoms with Gasteiger partial charge in [-0.2, -0.15) is 9.98 Å². The van der Waals surface area contributed by atoms with Crippen molar-refractivity contribution in [2.45, 2.75) is 25.9 Å². The van der Waals surface area contributed by atoms with Crippen LogP contribution in [0.15, 0.2) is 106 Å². The van der Waals surface area contributed by atoms with Crippen LogP contribution >= 0.6 is 11.8 Å². The first-order valence-electron chi connectivity index (χ1n) is 12.4. The largest absolute Gasteiger partial charge is 0.348 e. The highest BCUT2D eigenvalue weighted by Crippen LogP contribution is 2.21. The van der Waals surface area contributed by atoms with E-state index in [0.717, 1.165) is 22.4 Å². The van der Waals surface area contributed by atoms with Crippen LogP contribution < -0.4 is 16.6 Å². The number of thioether (sulfide) groups is 1. The van der Waals surface area contributed by atoms with Gasteiger partial charge in [0.1, 0.15) is 0 Å². The first-order chi connectivity index (χ1) is 18.8. The Balaban J connectivity index is 1.69. The maximum Gasteiger partial charge on any atom is 0.348 e. The number of urea groups is 1. The Morgan fingerprint density at radius 2 is 1.54 bits per heavy atom. The number of benzene rings is 3. The molecule has 0 saturated heterocycles. The van der Waals surface area contributed by atoms with E-state index in [0.29, 0.717) is 22.2 Å². The highest BCUT2D eigenvalue weighted by atomic mass is 32.2. The zero-order valence-electron chi connectivity index (χ0n) is 22.1. The summed E-state index contributed by atoms with van der Waals surface area (Å²) in [6.45, 7) is 5.89. The summed E-state index contributed by atoms with van der Waals surface area (Å²) in [6.07, 6.45) is 5.80. The number of amides is 2. The van der Waals surface area contributed by atoms with Gasteiger partial charge < -0.3 is 9.88 Å². The number of hydrogen-bond acceptors (Lipinski definition) is 4. The number of carbonyl (C=O) groups is 1. The molecule has 9 heteroatoms. The predicted octanol–water partition coefficient (Wildman–Crippen LogP) is 5.59. The van der Waals surface area contributed by atoms with Crippen molar-refractivity contribution in [1.29, 1.82) is 0 Å². The molecule has 0 saturated carbocycles. The lowest BCUT2D eigenvalue weighted by atomic mass is 10.1. The Morgan fingerprint density at radius 3 is 2.21 bits per heavy atom. The van der Waals surface area contributed by atoms with Crippen molar-refractivity contribution < 1.29 is 4.79 Å². The molecule has 0 spiro atoms. The Labute approximate surface area is 230 Å². The molecule has 196 valence electrons. The average molecular weight is 537 g/mol. The van der Waals surface area contributed by atoms with Crippen molar-refractivity contribution in [1.82, 2.24) is 18.7 Å². The molecule has 0 bridgehead atoms. The van der Waals surface area contributed by atoms with Gasteiger partial charge in [0.2, 0.25) is 5.62 Å². The summed E-state index contributed by atoms with van der Waals surface area (Å²) in [4.78, 5) is 36.0. The van der Waals surface area contributed by atoms with Crippen LogP contribution in [0.4, 0.5) is 10.5 Å². The molecule has 0 aliphatic carbocycles. The third-order valence-electron chi connectivity index (χ3n) is 6.20. The molecule has 5 rings (SSSR count). The van der Waals surface area contributed by atoms with E-state index in [2.05, 4.69) is 10.3 Å². The summed E-state index contributed by atoms with van der Waals surface area (Å²) < 4.78 is 4.95. The van der Waals surface area contributed by atoms with E-state index in [4.69, 9.17) is 4.98 Å². The second-order valence-electron chi connectivity index (χ2n) is 9.16. The monoisotopic (exact) mass is 536 g/mol. The van der Waals surface area contributed by atoms with Gasteiger partial charge in [-0.15, -0.1) is 0 Å². The van der Waals surface area contributed by atoms with Crippen LogP contribution in [0.3, 0.4) is 0 Å². The quantitative estimate of drug-likeness (QED) is 0.297. The molecule has 8 nitrogen and oxygen atoms in total. The maximum absolute atomic E-state index is 14.2. The summed E-state index contributed by atoms with van der Waals surface area (Å²) >= 11 is 1.31. The standard InChI is InChI=1S/C30H28N6O2S/c1-20-9-7-11-23(17-20)31-28(37)32-27-33-29(39-4)36(30(38)35(27)24-12-8-10-21(2)18-24)25-13-14-26(22(3)19-25)34-15-5-6-16-34/h5-19H,1-4H3,(H,31,37)/b32-27+. The topological polar surface area (TPSA) is 86.2 Å². The van der Waals surface area contributed by atoms with Gasteiger partial charge in [-0.05, 0) is 98.3 Å². The van der Waals surface area contributed by atoms with Gasteiger partial charge in [0, 0.05) is 23.8 Å². The summed E-state index contributed by atoms with van der Waals surface area (Å²) in [5.74, 6) is 0. The van der Waals surface area contributed by atoms with Crippen molar-refractivity contribution in [2.75, 3.05) is 11.6 Å². The molecule has 0 atom stereocenters. The average Bonchev–Trinajstić information content (AvgIpc) is 3.43. The van der Waals surface area contributed by atoms with Gasteiger partial charge in [-0.3, -0.25) is 0 Å². The molecule has 0 aliphatic heterocycles. The first-order valence-corrected chi connectivity index (χ1v) is 13.6. The van der Waals surface area contributed by atoms with Crippen LogP contribution in [-0.4, -0.2) is 31.0 Å². The van der Waals surface area contributed by atoms with Crippen molar-refractivity contribution >= 4 is 23.5 Å². The fourth-order valence-corrected chi connectivity index (χ4v) is 4.95. The lowest BCUT2D eigenvalue weighted by Crippen LogP contribution is -2.42. The summed E-state index contributed by atoms with van der Waals surface area (Å²) in [5, 5.41) is 3.19. The highest BCUT2D eigenvalue weighted by Gasteiger charge is 2.17. The molecule has 0 unspecified atom stereocenters. The maximum atomic E-state index is 14.2. The van der Waals surface area contributed by atoms with Crippen LogP contribution in [-0.2, 0) is 0 Å². The van der Waals surface area contributed by atoms with E-state index < -0.39 is 6.03 Å². The Bertz CT molecular complexity index is 1800. The molecular formula is C30H28N6O2S. The Morgan fingerprint density at radius 1 is 0.846 bits per heavy atom. The number of carbonyl (C=O) groups excluding carboxylic acids is 1. The molecule has 0 fully saturated rings. The molecule has 2 heterocycles. The van der Waals surface area contributed by atoms with Gasteiger partial charge in [0.25, 0.3) is 0 Å². The van der Waals surface area contributed by atoms with E-state index in [9.17, 15) is 9.59 Å². The van der Waals surface area contributed by atoms with Crippen molar-refractivity contribution in [3.8, 4) is 17.1 Å². The van der Waals surface area contributed by atoms with Crippen LogP contribution in [0.25, 0.3) is 17.1 Å². The van der Waals surface area contributed by atoms with Gasteiger partial charge in [-0.25, -0.2) is 18.7 Å². The molecule has 2 aromatic heterocycles. The minimum absolute atomic E-state index is 0.00274. The van der Waals surface area contributed by atoms with E-state index in [1.807, 2.05) is 111 Å². The van der Waals surface area contributed by atoms with Crippen LogP contribution in [0.1, 0.15) is 16.7 Å². The zero-order chi connectivity index (χ0) is 27.5. The van der Waals surface area contributed by atoms with Crippen molar-refractivity contribution in [3.05, 3.63) is 124 Å². The fraction of sp³-hybridized carbons (Fsp3) is 0.133. The number of hydrogen-bond donors (Lipinski definition) is 1. The second-order valence-corrected chi connectivity index (χ2v) is 9.94. The summed E-state index contributed by atoms with van der Waals surface area (Å²) in [7, 11) is 0. The van der Waals surface area contributed by atoms with Gasteiger partial charge >= 0.3 is 11.7 Å². The molecule has 2 amide bonds. The zero-order valence-corrected chi connectivity index (χ0v) is 22.9. The van der Waals surface area contributed by atoms with E-state index in [1.54, 1.807) is 16.7 Å². The van der Waals surface area contributed by atoms with E-state index in [-0.39, 0.29) is 11.3 Å². The van der Waals surface area contributed by atoms with Crippen LogP contribution in [0, 0.1) is 20.8 Å². The number of nitrogens with zero attached hydrogens (tertiary/aromatic N) is 5. The Kier molecular flexibility index (Phi) is 7.33. The number of anilines is 1. The minimum atomic E-state index is -0.620. The number of rotatable bonds is 5. The third-order valence-corrected chi connectivity index (χ3v) is 6.84. The number of aryl methyl sites for hydroxylation is 3. The molecule has 39 heavy (non-hydrogen) atoms. The SMILES string of the molecule is CSc1n/c(=N\C(=O)Nc2cccc(C)c2)n(-c2cccc(C)c2)c(=O)n1-c1ccc(-n2cccc2)c(C)c1. The fourth-order valence-electron chi connectivity index (χ4n) is 4.41. The second kappa shape index (κ2) is 11.0. The van der Waals surface area contributed by atoms with Crippen LogP contribution in [0.5, 0.6) is 0 Å². The summed E-state index contributed by atoms with van der Waals surface area (Å²) in [5.41, 5.74) is 5.44. The molecule has 5 aromatic rings.